The molecule has 2 aromatic rings. The molecule has 0 atom stereocenters. The first-order valence-electron chi connectivity index (χ1n) is 9.18. The fraction of sp³-hybridized carbons (Fsp3) is 0.286. The fourth-order valence-electron chi connectivity index (χ4n) is 2.45. The molecule has 0 saturated heterocycles. The minimum Gasteiger partial charge on any atom is -0.457 e. The number of ketones is 1. The number of esters is 1. The van der Waals surface area contributed by atoms with Gasteiger partial charge in [0.15, 0.2) is 22.2 Å². The topological polar surface area (TPSA) is 107 Å². The molecule has 0 heterocycles. The molecule has 0 aromatic heterocycles. The number of carbonyl (C=O) groups excluding carboxylic acids is 3. The van der Waals surface area contributed by atoms with Crippen molar-refractivity contribution in [3.05, 3.63) is 60.2 Å². The van der Waals surface area contributed by atoms with E-state index in [-0.39, 0.29) is 17.2 Å². The van der Waals surface area contributed by atoms with Crippen LogP contribution in [0.15, 0.2) is 59.5 Å². The molecular weight excluding hydrogens is 394 g/mol. The number of rotatable bonds is 10. The summed E-state index contributed by atoms with van der Waals surface area (Å²) in [6, 6.07) is 14.1. The van der Waals surface area contributed by atoms with E-state index in [4.69, 9.17) is 4.74 Å². The van der Waals surface area contributed by atoms with Crippen molar-refractivity contribution in [2.45, 2.75) is 31.1 Å². The van der Waals surface area contributed by atoms with Crippen LogP contribution in [0.2, 0.25) is 0 Å². The van der Waals surface area contributed by atoms with Gasteiger partial charge in [0.1, 0.15) is 0 Å². The summed E-state index contributed by atoms with van der Waals surface area (Å²) in [4.78, 5) is 35.6. The molecule has 0 aliphatic carbocycles. The third-order valence-corrected chi connectivity index (χ3v) is 5.74. The average Bonchev–Trinajstić information content (AvgIpc) is 2.72. The highest BCUT2D eigenvalue weighted by atomic mass is 32.2. The van der Waals surface area contributed by atoms with Crippen molar-refractivity contribution >= 4 is 33.2 Å². The maximum absolute atomic E-state index is 12.1. The summed E-state index contributed by atoms with van der Waals surface area (Å²) in [6.45, 7) is 1.42. The number of nitrogens with one attached hydrogen (secondary N) is 1. The standard InChI is InChI=1S/C21H23NO6S/c1-2-6-20(24)22-17-11-9-16(10-12-17)19(23)15-28-21(25)13-14-29(26,27)18-7-4-3-5-8-18/h3-5,7-12H,2,6,13-15H2,1H3,(H,22,24). The van der Waals surface area contributed by atoms with Crippen LogP contribution in [0, 0.1) is 0 Å². The summed E-state index contributed by atoms with van der Waals surface area (Å²) >= 11 is 0. The molecule has 1 N–H and O–H groups in total. The first-order valence-corrected chi connectivity index (χ1v) is 10.8. The van der Waals surface area contributed by atoms with E-state index in [0.717, 1.165) is 6.42 Å². The molecule has 0 bridgehead atoms. The molecule has 0 radical (unpaired) electrons. The third kappa shape index (κ3) is 7.15. The molecular formula is C21H23NO6S. The van der Waals surface area contributed by atoms with E-state index in [2.05, 4.69) is 5.32 Å². The van der Waals surface area contributed by atoms with Gasteiger partial charge in [-0.25, -0.2) is 8.42 Å². The molecule has 0 aliphatic heterocycles. The summed E-state index contributed by atoms with van der Waals surface area (Å²) in [6.07, 6.45) is 0.809. The van der Waals surface area contributed by atoms with Crippen LogP contribution in [-0.2, 0) is 24.2 Å². The monoisotopic (exact) mass is 417 g/mol. The molecule has 2 aromatic carbocycles. The van der Waals surface area contributed by atoms with Gasteiger partial charge in [-0.3, -0.25) is 14.4 Å². The van der Waals surface area contributed by atoms with Gasteiger partial charge in [-0.05, 0) is 42.8 Å². The Morgan fingerprint density at radius 2 is 1.59 bits per heavy atom. The Bertz CT molecular complexity index is 952. The average molecular weight is 417 g/mol. The van der Waals surface area contributed by atoms with E-state index in [0.29, 0.717) is 17.7 Å². The van der Waals surface area contributed by atoms with Crippen molar-refractivity contribution in [3.8, 4) is 0 Å². The molecule has 0 saturated carbocycles. The maximum atomic E-state index is 12.1. The van der Waals surface area contributed by atoms with E-state index in [1.165, 1.54) is 24.3 Å². The zero-order valence-electron chi connectivity index (χ0n) is 16.1. The second-order valence-corrected chi connectivity index (χ2v) is 8.45. The summed E-state index contributed by atoms with van der Waals surface area (Å²) in [5, 5.41) is 2.71. The zero-order chi connectivity index (χ0) is 21.3. The van der Waals surface area contributed by atoms with Gasteiger partial charge in [0.05, 0.1) is 17.1 Å². The number of hydrogen-bond acceptors (Lipinski definition) is 6. The van der Waals surface area contributed by atoms with E-state index in [9.17, 15) is 22.8 Å². The summed E-state index contributed by atoms with van der Waals surface area (Å²) < 4.78 is 29.2. The quantitative estimate of drug-likeness (QED) is 0.470. The number of sulfone groups is 1. The lowest BCUT2D eigenvalue weighted by atomic mass is 10.1. The van der Waals surface area contributed by atoms with E-state index in [1.54, 1.807) is 30.3 Å². The first kappa shape index (κ1) is 22.3. The van der Waals surface area contributed by atoms with E-state index >= 15 is 0 Å². The Labute approximate surface area is 170 Å². The van der Waals surface area contributed by atoms with Crippen LogP contribution < -0.4 is 5.32 Å². The third-order valence-electron chi connectivity index (χ3n) is 4.01. The molecule has 0 aliphatic rings. The van der Waals surface area contributed by atoms with Crippen molar-refractivity contribution in [2.24, 2.45) is 0 Å². The lowest BCUT2D eigenvalue weighted by molar-refractivity contribution is -0.142. The summed E-state index contributed by atoms with van der Waals surface area (Å²) in [5.41, 5.74) is 0.895. The van der Waals surface area contributed by atoms with Crippen LogP contribution in [-0.4, -0.2) is 38.4 Å². The summed E-state index contributed by atoms with van der Waals surface area (Å²) in [7, 11) is -3.59. The molecule has 154 valence electrons. The van der Waals surface area contributed by atoms with Crippen molar-refractivity contribution < 1.29 is 27.5 Å². The SMILES string of the molecule is CCCC(=O)Nc1ccc(C(=O)COC(=O)CCS(=O)(=O)c2ccccc2)cc1. The smallest absolute Gasteiger partial charge is 0.307 e. The van der Waals surface area contributed by atoms with Crippen molar-refractivity contribution in [1.29, 1.82) is 0 Å². The van der Waals surface area contributed by atoms with E-state index < -0.39 is 33.9 Å². The highest BCUT2D eigenvalue weighted by molar-refractivity contribution is 7.91. The first-order chi connectivity index (χ1) is 13.8. The Kier molecular flexibility index (Phi) is 8.09. The number of Topliss-reactive ketones (excluding diaryl/α,β-unsaturated/α-hetero) is 1. The number of ether oxygens (including phenoxy) is 1. The molecule has 0 unspecified atom stereocenters. The number of amides is 1. The van der Waals surface area contributed by atoms with Gasteiger partial charge in [-0.15, -0.1) is 0 Å². The minimum absolute atomic E-state index is 0.106. The highest BCUT2D eigenvalue weighted by Gasteiger charge is 2.17. The minimum atomic E-state index is -3.59. The lowest BCUT2D eigenvalue weighted by Crippen LogP contribution is -2.17. The Balaban J connectivity index is 1.81. The van der Waals surface area contributed by atoms with Crippen molar-refractivity contribution in [1.82, 2.24) is 0 Å². The van der Waals surface area contributed by atoms with Gasteiger partial charge >= 0.3 is 5.97 Å². The number of benzene rings is 2. The van der Waals surface area contributed by atoms with Gasteiger partial charge in [-0.2, -0.15) is 0 Å². The summed E-state index contributed by atoms with van der Waals surface area (Å²) in [5.74, 6) is -1.68. The molecule has 2 rings (SSSR count). The normalized spacial score (nSPS) is 10.9. The van der Waals surface area contributed by atoms with Crippen molar-refractivity contribution in [3.63, 3.8) is 0 Å². The van der Waals surface area contributed by atoms with Crippen LogP contribution in [0.4, 0.5) is 5.69 Å². The predicted molar refractivity (Wildman–Crippen MR) is 108 cm³/mol. The molecule has 29 heavy (non-hydrogen) atoms. The largest absolute Gasteiger partial charge is 0.457 e. The molecule has 0 fully saturated rings. The van der Waals surface area contributed by atoms with Crippen LogP contribution >= 0.6 is 0 Å². The number of hydrogen-bond donors (Lipinski definition) is 1. The molecule has 8 heteroatoms. The highest BCUT2D eigenvalue weighted by Crippen LogP contribution is 2.13. The molecule has 7 nitrogen and oxygen atoms in total. The fourth-order valence-corrected chi connectivity index (χ4v) is 3.70. The van der Waals surface area contributed by atoms with Crippen LogP contribution in [0.25, 0.3) is 0 Å². The zero-order valence-corrected chi connectivity index (χ0v) is 16.9. The van der Waals surface area contributed by atoms with Gasteiger partial charge in [-0.1, -0.05) is 25.1 Å². The van der Waals surface area contributed by atoms with Crippen LogP contribution in [0.5, 0.6) is 0 Å². The van der Waals surface area contributed by atoms with E-state index in [1.807, 2.05) is 6.92 Å². The predicted octanol–water partition coefficient (Wildman–Crippen LogP) is 3.02. The van der Waals surface area contributed by atoms with Gasteiger partial charge in [0.25, 0.3) is 0 Å². The van der Waals surface area contributed by atoms with Crippen LogP contribution in [0.1, 0.15) is 36.5 Å². The van der Waals surface area contributed by atoms with Gasteiger partial charge in [0.2, 0.25) is 5.91 Å². The second kappa shape index (κ2) is 10.5. The second-order valence-electron chi connectivity index (χ2n) is 6.34. The Morgan fingerprint density at radius 3 is 2.21 bits per heavy atom. The van der Waals surface area contributed by atoms with Crippen LogP contribution in [0.3, 0.4) is 0 Å². The number of anilines is 1. The van der Waals surface area contributed by atoms with Gasteiger partial charge < -0.3 is 10.1 Å². The van der Waals surface area contributed by atoms with Gasteiger partial charge in [0, 0.05) is 17.7 Å². The van der Waals surface area contributed by atoms with Crippen molar-refractivity contribution in [2.75, 3.05) is 17.7 Å². The Hall–Kier alpha value is -3.00. The molecule has 1 amide bonds. The molecule has 0 spiro atoms. The lowest BCUT2D eigenvalue weighted by Gasteiger charge is -2.07. The maximum Gasteiger partial charge on any atom is 0.307 e. The number of carbonyl (C=O) groups is 3. The Morgan fingerprint density at radius 1 is 0.931 bits per heavy atom.